The van der Waals surface area contributed by atoms with E-state index in [4.69, 9.17) is 0 Å². The second kappa shape index (κ2) is 7.75. The number of hydrogen-bond acceptors (Lipinski definition) is 8. The quantitative estimate of drug-likeness (QED) is 0.859. The number of carbonyl (C=O) groups is 2. The van der Waals surface area contributed by atoms with Crippen LogP contribution in [-0.4, -0.2) is 55.5 Å². The van der Waals surface area contributed by atoms with Gasteiger partial charge in [0, 0.05) is 30.4 Å². The highest BCUT2D eigenvalue weighted by molar-refractivity contribution is 7.03. The number of amides is 2. The summed E-state index contributed by atoms with van der Waals surface area (Å²) in [7, 11) is 1.80. The molecule has 0 spiro atoms. The van der Waals surface area contributed by atoms with Crippen molar-refractivity contribution >= 4 is 34.9 Å². The zero-order valence-corrected chi connectivity index (χ0v) is 14.8. The molecule has 1 fully saturated rings. The molecule has 0 saturated heterocycles. The fourth-order valence-electron chi connectivity index (χ4n) is 2.94. The SMILES string of the molecule is CN(CC1CCC(NC(=O)c2csnn2)CC1)C(=O)c1csnn1. The summed E-state index contributed by atoms with van der Waals surface area (Å²) >= 11 is 2.35. The lowest BCUT2D eigenvalue weighted by Gasteiger charge is -2.31. The van der Waals surface area contributed by atoms with Gasteiger partial charge in [-0.15, -0.1) is 10.2 Å². The number of carbonyl (C=O) groups excluding carboxylic acids is 2. The molecular formula is C14H18N6O2S2. The smallest absolute Gasteiger partial charge is 0.275 e. The molecule has 0 aliphatic heterocycles. The average molecular weight is 366 g/mol. The summed E-state index contributed by atoms with van der Waals surface area (Å²) < 4.78 is 7.43. The van der Waals surface area contributed by atoms with E-state index >= 15 is 0 Å². The lowest BCUT2D eigenvalue weighted by Crippen LogP contribution is -2.40. The van der Waals surface area contributed by atoms with Crippen molar-refractivity contribution in [1.82, 2.24) is 29.4 Å². The lowest BCUT2D eigenvalue weighted by molar-refractivity contribution is 0.0749. The molecule has 1 aliphatic carbocycles. The maximum atomic E-state index is 12.2. The van der Waals surface area contributed by atoms with Gasteiger partial charge in [0.05, 0.1) is 0 Å². The van der Waals surface area contributed by atoms with Gasteiger partial charge in [-0.3, -0.25) is 9.59 Å². The van der Waals surface area contributed by atoms with E-state index in [9.17, 15) is 9.59 Å². The Morgan fingerprint density at radius 3 is 2.33 bits per heavy atom. The van der Waals surface area contributed by atoms with E-state index in [0.29, 0.717) is 23.9 Å². The molecule has 1 N–H and O–H groups in total. The van der Waals surface area contributed by atoms with Crippen LogP contribution in [0.3, 0.4) is 0 Å². The molecule has 0 radical (unpaired) electrons. The molecule has 24 heavy (non-hydrogen) atoms. The Hall–Kier alpha value is -1.94. The van der Waals surface area contributed by atoms with Crippen LogP contribution >= 0.6 is 23.1 Å². The molecule has 0 unspecified atom stereocenters. The summed E-state index contributed by atoms with van der Waals surface area (Å²) in [5, 5.41) is 13.9. The van der Waals surface area contributed by atoms with Crippen molar-refractivity contribution in [2.24, 2.45) is 5.92 Å². The highest BCUT2D eigenvalue weighted by Crippen LogP contribution is 2.25. The van der Waals surface area contributed by atoms with Crippen molar-refractivity contribution in [3.63, 3.8) is 0 Å². The maximum absolute atomic E-state index is 12.2. The number of rotatable bonds is 5. The zero-order chi connectivity index (χ0) is 16.9. The third-order valence-corrected chi connectivity index (χ3v) is 5.24. The van der Waals surface area contributed by atoms with Crippen LogP contribution in [0.15, 0.2) is 10.8 Å². The Bertz CT molecular complexity index is 668. The second-order valence-electron chi connectivity index (χ2n) is 5.96. The van der Waals surface area contributed by atoms with Gasteiger partial charge in [0.1, 0.15) is 0 Å². The standard InChI is InChI=1S/C14H18N6O2S2/c1-20(14(22)12-8-24-19-17-12)6-9-2-4-10(5-3-9)15-13(21)11-7-23-18-16-11/h7-10H,2-6H2,1H3,(H,15,21). The average Bonchev–Trinajstić information content (AvgIpc) is 3.29. The third kappa shape index (κ3) is 4.12. The first-order valence-electron chi connectivity index (χ1n) is 7.74. The fourth-order valence-corrected chi connectivity index (χ4v) is 3.80. The molecule has 1 aliphatic rings. The van der Waals surface area contributed by atoms with E-state index in [1.54, 1.807) is 22.7 Å². The van der Waals surface area contributed by atoms with E-state index in [-0.39, 0.29) is 17.9 Å². The minimum atomic E-state index is -0.157. The molecule has 128 valence electrons. The van der Waals surface area contributed by atoms with Crippen molar-refractivity contribution < 1.29 is 9.59 Å². The Balaban J connectivity index is 1.43. The zero-order valence-electron chi connectivity index (χ0n) is 13.2. The topological polar surface area (TPSA) is 101 Å². The van der Waals surface area contributed by atoms with Gasteiger partial charge in [0.25, 0.3) is 11.8 Å². The Kier molecular flexibility index (Phi) is 5.46. The number of aromatic nitrogens is 4. The monoisotopic (exact) mass is 366 g/mol. The van der Waals surface area contributed by atoms with E-state index in [1.165, 1.54) is 23.1 Å². The molecule has 1 saturated carbocycles. The van der Waals surface area contributed by atoms with Crippen molar-refractivity contribution in [1.29, 1.82) is 0 Å². The molecule has 2 heterocycles. The van der Waals surface area contributed by atoms with Crippen LogP contribution in [0.1, 0.15) is 46.7 Å². The molecular weight excluding hydrogens is 348 g/mol. The number of hydrogen-bond donors (Lipinski definition) is 1. The van der Waals surface area contributed by atoms with Crippen LogP contribution in [0.25, 0.3) is 0 Å². The largest absolute Gasteiger partial charge is 0.348 e. The van der Waals surface area contributed by atoms with Gasteiger partial charge < -0.3 is 10.2 Å². The summed E-state index contributed by atoms with van der Waals surface area (Å²) in [5.74, 6) is 0.199. The lowest BCUT2D eigenvalue weighted by atomic mass is 9.85. The van der Waals surface area contributed by atoms with Gasteiger partial charge >= 0.3 is 0 Å². The highest BCUT2D eigenvalue weighted by atomic mass is 32.1. The number of nitrogens with one attached hydrogen (secondary N) is 1. The van der Waals surface area contributed by atoms with Gasteiger partial charge in [0.2, 0.25) is 0 Å². The molecule has 0 bridgehead atoms. The first-order valence-corrected chi connectivity index (χ1v) is 9.41. The van der Waals surface area contributed by atoms with E-state index in [2.05, 4.69) is 24.5 Å². The first kappa shape index (κ1) is 16.9. The van der Waals surface area contributed by atoms with Crippen molar-refractivity contribution in [3.8, 4) is 0 Å². The minimum Gasteiger partial charge on any atom is -0.348 e. The molecule has 3 rings (SSSR count). The van der Waals surface area contributed by atoms with Crippen LogP contribution in [0, 0.1) is 5.92 Å². The van der Waals surface area contributed by atoms with Gasteiger partial charge in [-0.05, 0) is 54.7 Å². The summed E-state index contributed by atoms with van der Waals surface area (Å²) in [4.78, 5) is 25.9. The maximum Gasteiger partial charge on any atom is 0.275 e. The molecule has 2 aromatic rings. The van der Waals surface area contributed by atoms with Crippen molar-refractivity contribution in [3.05, 3.63) is 22.1 Å². The minimum absolute atomic E-state index is 0.0878. The first-order chi connectivity index (χ1) is 11.6. The molecule has 10 heteroatoms. The Morgan fingerprint density at radius 1 is 1.12 bits per heavy atom. The summed E-state index contributed by atoms with van der Waals surface area (Å²) in [6.45, 7) is 0.701. The van der Waals surface area contributed by atoms with E-state index < -0.39 is 0 Å². The van der Waals surface area contributed by atoms with Gasteiger partial charge in [-0.25, -0.2) is 0 Å². The number of nitrogens with zero attached hydrogens (tertiary/aromatic N) is 5. The van der Waals surface area contributed by atoms with Gasteiger partial charge in [0.15, 0.2) is 11.4 Å². The van der Waals surface area contributed by atoms with Crippen molar-refractivity contribution in [2.45, 2.75) is 31.7 Å². The Labute approximate surface area is 147 Å². The summed E-state index contributed by atoms with van der Waals surface area (Å²) in [6.07, 6.45) is 3.78. The second-order valence-corrected chi connectivity index (χ2v) is 7.18. The van der Waals surface area contributed by atoms with Gasteiger partial charge in [-0.2, -0.15) is 0 Å². The van der Waals surface area contributed by atoms with Crippen LogP contribution in [-0.2, 0) is 0 Å². The predicted octanol–water partition coefficient (Wildman–Crippen LogP) is 1.45. The normalized spacial score (nSPS) is 20.5. The summed E-state index contributed by atoms with van der Waals surface area (Å²) in [6, 6.07) is 0.166. The van der Waals surface area contributed by atoms with Crippen LogP contribution in [0.4, 0.5) is 0 Å². The van der Waals surface area contributed by atoms with Crippen LogP contribution in [0.5, 0.6) is 0 Å². The fraction of sp³-hybridized carbons (Fsp3) is 0.571. The molecule has 2 aromatic heterocycles. The highest BCUT2D eigenvalue weighted by Gasteiger charge is 2.26. The molecule has 2 amide bonds. The van der Waals surface area contributed by atoms with Crippen LogP contribution < -0.4 is 5.32 Å². The van der Waals surface area contributed by atoms with Crippen molar-refractivity contribution in [2.75, 3.05) is 13.6 Å². The molecule has 0 aromatic carbocycles. The van der Waals surface area contributed by atoms with E-state index in [1.807, 2.05) is 0 Å². The predicted molar refractivity (Wildman–Crippen MR) is 90.0 cm³/mol. The van der Waals surface area contributed by atoms with Gasteiger partial charge in [-0.1, -0.05) is 8.98 Å². The molecule has 0 atom stereocenters. The molecule has 8 nitrogen and oxygen atoms in total. The summed E-state index contributed by atoms with van der Waals surface area (Å²) in [5.41, 5.74) is 0.782. The Morgan fingerprint density at radius 2 is 1.75 bits per heavy atom. The third-order valence-electron chi connectivity index (χ3n) is 4.23. The van der Waals surface area contributed by atoms with Crippen LogP contribution in [0.2, 0.25) is 0 Å². The van der Waals surface area contributed by atoms with E-state index in [0.717, 1.165) is 25.7 Å².